The molecule has 3 unspecified atom stereocenters. The fourth-order valence-corrected chi connectivity index (χ4v) is 6.81. The number of rotatable bonds is 11. The lowest BCUT2D eigenvalue weighted by Crippen LogP contribution is -2.38. The number of allylic oxidation sites excluding steroid dienone is 3. The lowest BCUT2D eigenvalue weighted by Gasteiger charge is -2.31. The first-order valence-electron chi connectivity index (χ1n) is 16.5. The van der Waals surface area contributed by atoms with Crippen LogP contribution in [-0.2, 0) is 11.2 Å². The van der Waals surface area contributed by atoms with E-state index in [4.69, 9.17) is 15.5 Å². The fourth-order valence-electron chi connectivity index (χ4n) is 6.81. The van der Waals surface area contributed by atoms with Crippen LogP contribution in [0.15, 0.2) is 48.5 Å². The summed E-state index contributed by atoms with van der Waals surface area (Å²) in [4.78, 5) is 16.5. The van der Waals surface area contributed by atoms with E-state index in [-0.39, 0.29) is 12.3 Å². The number of aromatic amines is 2. The molecule has 5 heterocycles. The molecule has 1 aliphatic carbocycles. The number of ether oxygens (including phenoxy) is 1. The highest BCUT2D eigenvalue weighted by Crippen LogP contribution is 2.44. The standard InChI is InChI=1S/C35H46N8O/c1-21(2)27(36)18-37-13-5-4-8-34-39-19-29(41-34)23-10-12-31-25(15-23)16-32-26-11-9-24(17-33(26)44-22(3)43(31)32)30-20-40-35(42-30)28-7-6-14-38-28/h10,12,15-17,19-22,27-28,37-38H,4-9,11,13-14,18,36H2,1-3H3,(H,39,41)(H,40,42). The fraction of sp³-hybridized carbons (Fsp3) is 0.486. The summed E-state index contributed by atoms with van der Waals surface area (Å²) in [5.74, 6) is 3.58. The van der Waals surface area contributed by atoms with E-state index in [2.05, 4.69) is 81.3 Å². The number of hydrogen-bond donors (Lipinski definition) is 5. The van der Waals surface area contributed by atoms with Crippen molar-refractivity contribution in [1.29, 1.82) is 0 Å². The largest absolute Gasteiger partial charge is 0.470 e. The Morgan fingerprint density at radius 3 is 2.82 bits per heavy atom. The van der Waals surface area contributed by atoms with Gasteiger partial charge in [-0.25, -0.2) is 9.97 Å². The van der Waals surface area contributed by atoms with Crippen molar-refractivity contribution in [2.75, 3.05) is 19.6 Å². The number of H-pyrrole nitrogens is 2. The predicted molar refractivity (Wildman–Crippen MR) is 177 cm³/mol. The van der Waals surface area contributed by atoms with Gasteiger partial charge in [-0.2, -0.15) is 0 Å². The van der Waals surface area contributed by atoms with Crippen LogP contribution in [-0.4, -0.2) is 50.2 Å². The average molecular weight is 595 g/mol. The Hall–Kier alpha value is -3.66. The minimum absolute atomic E-state index is 0.0860. The summed E-state index contributed by atoms with van der Waals surface area (Å²) in [6, 6.07) is 9.59. The molecule has 232 valence electrons. The van der Waals surface area contributed by atoms with Crippen molar-refractivity contribution >= 4 is 22.0 Å². The van der Waals surface area contributed by atoms with Crippen molar-refractivity contribution in [2.45, 2.75) is 84.0 Å². The van der Waals surface area contributed by atoms with Gasteiger partial charge in [0.15, 0.2) is 6.23 Å². The van der Waals surface area contributed by atoms with Crippen molar-refractivity contribution in [3.63, 3.8) is 0 Å². The van der Waals surface area contributed by atoms with E-state index < -0.39 is 0 Å². The monoisotopic (exact) mass is 594 g/mol. The van der Waals surface area contributed by atoms with Gasteiger partial charge in [0.1, 0.15) is 17.4 Å². The second-order valence-electron chi connectivity index (χ2n) is 13.0. The van der Waals surface area contributed by atoms with Gasteiger partial charge in [0.05, 0.1) is 41.0 Å². The summed E-state index contributed by atoms with van der Waals surface area (Å²) in [5, 5.41) is 8.24. The molecule has 0 amide bonds. The van der Waals surface area contributed by atoms with Crippen molar-refractivity contribution in [2.24, 2.45) is 11.7 Å². The van der Waals surface area contributed by atoms with E-state index in [1.807, 2.05) is 12.4 Å². The number of nitrogens with zero attached hydrogens (tertiary/aromatic N) is 3. The Morgan fingerprint density at radius 2 is 1.98 bits per heavy atom. The van der Waals surface area contributed by atoms with Crippen molar-refractivity contribution in [1.82, 2.24) is 35.1 Å². The molecule has 0 bridgehead atoms. The van der Waals surface area contributed by atoms with E-state index in [0.29, 0.717) is 12.0 Å². The van der Waals surface area contributed by atoms with Crippen molar-refractivity contribution in [3.8, 4) is 11.3 Å². The summed E-state index contributed by atoms with van der Waals surface area (Å²) in [5.41, 5.74) is 14.5. The maximum absolute atomic E-state index is 6.54. The minimum Gasteiger partial charge on any atom is -0.470 e. The number of unbranched alkanes of at least 4 members (excludes halogenated alkanes) is 1. The van der Waals surface area contributed by atoms with Gasteiger partial charge in [-0.05, 0) is 94.3 Å². The second-order valence-corrected chi connectivity index (χ2v) is 13.0. The first kappa shape index (κ1) is 29.1. The highest BCUT2D eigenvalue weighted by atomic mass is 16.5. The van der Waals surface area contributed by atoms with E-state index in [0.717, 1.165) is 92.5 Å². The molecule has 2 aliphatic heterocycles. The van der Waals surface area contributed by atoms with Crippen LogP contribution in [0.2, 0.25) is 0 Å². The molecule has 3 atom stereocenters. The topological polar surface area (TPSA) is 122 Å². The van der Waals surface area contributed by atoms with Crippen LogP contribution in [0.1, 0.15) is 94.6 Å². The smallest absolute Gasteiger partial charge is 0.173 e. The van der Waals surface area contributed by atoms with E-state index in [9.17, 15) is 0 Å². The molecule has 0 saturated carbocycles. The van der Waals surface area contributed by atoms with Crippen molar-refractivity contribution < 1.29 is 4.74 Å². The summed E-state index contributed by atoms with van der Waals surface area (Å²) in [7, 11) is 0. The van der Waals surface area contributed by atoms with Gasteiger partial charge in [-0.1, -0.05) is 19.9 Å². The SMILES string of the molecule is CC(C)C(N)CNCCCCc1ncc(-c2ccc3c(c2)cc2n3C(C)OC3=C2CCC(c2cnc(C4CCCN4)[nH]2)=C3)[nH]1. The van der Waals surface area contributed by atoms with E-state index in [1.165, 1.54) is 34.2 Å². The van der Waals surface area contributed by atoms with Crippen LogP contribution in [0.25, 0.3) is 33.3 Å². The molecule has 44 heavy (non-hydrogen) atoms. The lowest BCUT2D eigenvalue weighted by atomic mass is 9.92. The quantitative estimate of drug-likeness (QED) is 0.132. The summed E-state index contributed by atoms with van der Waals surface area (Å²) in [6.45, 7) is 9.41. The molecule has 1 fully saturated rings. The molecular formula is C35H46N8O. The first-order valence-corrected chi connectivity index (χ1v) is 16.5. The van der Waals surface area contributed by atoms with Gasteiger partial charge in [-0.15, -0.1) is 0 Å². The molecule has 4 aromatic rings. The molecule has 7 rings (SSSR count). The number of fused-ring (bicyclic) bond motifs is 4. The minimum atomic E-state index is -0.0860. The highest BCUT2D eigenvalue weighted by molar-refractivity contribution is 5.91. The molecule has 9 nitrogen and oxygen atoms in total. The van der Waals surface area contributed by atoms with Crippen molar-refractivity contribution in [3.05, 3.63) is 71.5 Å². The zero-order chi connectivity index (χ0) is 30.2. The first-order chi connectivity index (χ1) is 21.4. The Balaban J connectivity index is 1.05. The molecule has 6 N–H and O–H groups in total. The Bertz CT molecular complexity index is 1680. The van der Waals surface area contributed by atoms with E-state index >= 15 is 0 Å². The average Bonchev–Trinajstić information content (AvgIpc) is 3.84. The molecule has 1 saturated heterocycles. The number of benzene rings is 1. The van der Waals surface area contributed by atoms with Gasteiger partial charge < -0.3 is 35.6 Å². The van der Waals surface area contributed by atoms with E-state index in [1.54, 1.807) is 0 Å². The van der Waals surface area contributed by atoms with Gasteiger partial charge in [0.2, 0.25) is 0 Å². The third-order valence-corrected chi connectivity index (χ3v) is 9.58. The molecule has 3 aliphatic rings. The third-order valence-electron chi connectivity index (χ3n) is 9.58. The van der Waals surface area contributed by atoms with Crippen LogP contribution in [0.4, 0.5) is 0 Å². The molecule has 0 spiro atoms. The van der Waals surface area contributed by atoms with Gasteiger partial charge in [0, 0.05) is 35.5 Å². The number of aromatic nitrogens is 5. The Morgan fingerprint density at radius 1 is 1.09 bits per heavy atom. The van der Waals surface area contributed by atoms with Crippen LogP contribution >= 0.6 is 0 Å². The maximum atomic E-state index is 6.54. The Labute approximate surface area is 259 Å². The normalized spacial score (nSPS) is 20.6. The highest BCUT2D eigenvalue weighted by Gasteiger charge is 2.30. The number of nitrogens with one attached hydrogen (secondary N) is 4. The van der Waals surface area contributed by atoms with Crippen LogP contribution < -0.4 is 16.4 Å². The summed E-state index contributed by atoms with van der Waals surface area (Å²) in [6.07, 6.45) is 13.5. The second kappa shape index (κ2) is 12.4. The zero-order valence-electron chi connectivity index (χ0n) is 26.2. The van der Waals surface area contributed by atoms with Gasteiger partial charge >= 0.3 is 0 Å². The van der Waals surface area contributed by atoms with Gasteiger partial charge in [-0.3, -0.25) is 0 Å². The third kappa shape index (κ3) is 5.76. The number of aryl methyl sites for hydroxylation is 1. The molecule has 1 aromatic carbocycles. The number of imidazole rings is 2. The molecule has 3 aromatic heterocycles. The number of hydrogen-bond acceptors (Lipinski definition) is 6. The summed E-state index contributed by atoms with van der Waals surface area (Å²) >= 11 is 0. The molecular weight excluding hydrogens is 548 g/mol. The predicted octanol–water partition coefficient (Wildman–Crippen LogP) is 6.21. The molecule has 0 radical (unpaired) electrons. The maximum Gasteiger partial charge on any atom is 0.173 e. The van der Waals surface area contributed by atoms with Crippen LogP contribution in [0.5, 0.6) is 0 Å². The van der Waals surface area contributed by atoms with Crippen LogP contribution in [0.3, 0.4) is 0 Å². The summed E-state index contributed by atoms with van der Waals surface area (Å²) < 4.78 is 8.88. The number of nitrogens with two attached hydrogens (primary N) is 1. The molecule has 9 heteroatoms. The van der Waals surface area contributed by atoms with Gasteiger partial charge in [0.25, 0.3) is 0 Å². The zero-order valence-corrected chi connectivity index (χ0v) is 26.2. The lowest BCUT2D eigenvalue weighted by molar-refractivity contribution is 0.0772. The Kier molecular flexibility index (Phi) is 8.18. The van der Waals surface area contributed by atoms with Crippen LogP contribution in [0, 0.1) is 5.92 Å².